The number of fused-ring (bicyclic) bond motifs is 1. The van der Waals surface area contributed by atoms with Crippen LogP contribution in [0.1, 0.15) is 28.4 Å². The number of rotatable bonds is 5. The van der Waals surface area contributed by atoms with Gasteiger partial charge < -0.3 is 9.64 Å². The van der Waals surface area contributed by atoms with Crippen molar-refractivity contribution in [2.45, 2.75) is 18.9 Å². The van der Waals surface area contributed by atoms with Crippen LogP contribution in [0.4, 0.5) is 4.39 Å². The third-order valence-corrected chi connectivity index (χ3v) is 5.02. The van der Waals surface area contributed by atoms with Crippen LogP contribution in [-0.2, 0) is 17.6 Å². The predicted octanol–water partition coefficient (Wildman–Crippen LogP) is 3.95. The molecule has 0 spiro atoms. The van der Waals surface area contributed by atoms with Gasteiger partial charge in [0.15, 0.2) is 0 Å². The van der Waals surface area contributed by atoms with E-state index in [2.05, 4.69) is 4.98 Å². The van der Waals surface area contributed by atoms with Crippen molar-refractivity contribution < 1.29 is 13.9 Å². The lowest BCUT2D eigenvalue weighted by atomic mass is 10.00. The van der Waals surface area contributed by atoms with Crippen LogP contribution in [0.25, 0.3) is 0 Å². The number of hydrogen-bond donors (Lipinski definition) is 0. The van der Waals surface area contributed by atoms with Crippen LogP contribution >= 0.6 is 0 Å². The molecule has 0 saturated heterocycles. The molecule has 0 radical (unpaired) electrons. The molecule has 1 unspecified atom stereocenters. The Kier molecular flexibility index (Phi) is 5.06. The maximum absolute atomic E-state index is 13.8. The number of likely N-dealkylation sites (N-methyl/N-ethyl adjacent to an activating group) is 1. The molecule has 1 aliphatic rings. The summed E-state index contributed by atoms with van der Waals surface area (Å²) in [5, 5.41) is 0. The first-order valence-electron chi connectivity index (χ1n) is 9.28. The normalized spacial score (nSPS) is 13.5. The van der Waals surface area contributed by atoms with Crippen molar-refractivity contribution in [3.63, 3.8) is 0 Å². The van der Waals surface area contributed by atoms with Crippen LogP contribution in [0.2, 0.25) is 0 Å². The maximum atomic E-state index is 13.8. The Morgan fingerprint density at radius 2 is 2.07 bits per heavy atom. The van der Waals surface area contributed by atoms with Crippen molar-refractivity contribution in [3.05, 3.63) is 95.1 Å². The van der Waals surface area contributed by atoms with Gasteiger partial charge in [-0.3, -0.25) is 9.78 Å². The van der Waals surface area contributed by atoms with Gasteiger partial charge in [-0.15, -0.1) is 0 Å². The van der Waals surface area contributed by atoms with Gasteiger partial charge in [-0.25, -0.2) is 4.39 Å². The fraction of sp³-hybridized carbons (Fsp3) is 0.217. The summed E-state index contributed by atoms with van der Waals surface area (Å²) in [6.45, 7) is 0.688. The molecule has 2 heterocycles. The van der Waals surface area contributed by atoms with Gasteiger partial charge in [-0.1, -0.05) is 30.3 Å². The molecule has 4 nitrogen and oxygen atoms in total. The van der Waals surface area contributed by atoms with E-state index in [1.807, 2.05) is 42.5 Å². The van der Waals surface area contributed by atoms with Crippen LogP contribution in [0, 0.1) is 5.82 Å². The molecule has 1 amide bonds. The zero-order valence-corrected chi connectivity index (χ0v) is 15.6. The topological polar surface area (TPSA) is 42.4 Å². The molecular weight excluding hydrogens is 355 g/mol. The number of halogens is 1. The van der Waals surface area contributed by atoms with Gasteiger partial charge in [-0.05, 0) is 47.0 Å². The van der Waals surface area contributed by atoms with Crippen molar-refractivity contribution >= 4 is 5.91 Å². The Morgan fingerprint density at radius 3 is 2.86 bits per heavy atom. The highest BCUT2D eigenvalue weighted by molar-refractivity contribution is 5.79. The highest BCUT2D eigenvalue weighted by Gasteiger charge is 2.25. The Bertz CT molecular complexity index is 991. The van der Waals surface area contributed by atoms with E-state index in [-0.39, 0.29) is 18.1 Å². The van der Waals surface area contributed by atoms with E-state index in [9.17, 15) is 9.18 Å². The quantitative estimate of drug-likeness (QED) is 0.677. The molecule has 0 fully saturated rings. The van der Waals surface area contributed by atoms with E-state index in [1.54, 1.807) is 24.2 Å². The first kappa shape index (κ1) is 18.2. The number of ether oxygens (including phenoxy) is 1. The van der Waals surface area contributed by atoms with Crippen LogP contribution in [0.3, 0.4) is 0 Å². The van der Waals surface area contributed by atoms with Gasteiger partial charge in [0, 0.05) is 19.7 Å². The van der Waals surface area contributed by atoms with Crippen molar-refractivity contribution in [1.82, 2.24) is 9.88 Å². The van der Waals surface area contributed by atoms with Crippen molar-refractivity contribution in [1.29, 1.82) is 0 Å². The SMILES string of the molecule is CN(C(=O)Cc1ccc2c(c1)CCO2)C(c1cccc(F)c1)c1ccccn1. The number of hydrogen-bond acceptors (Lipinski definition) is 3. The smallest absolute Gasteiger partial charge is 0.227 e. The molecule has 28 heavy (non-hydrogen) atoms. The molecule has 1 atom stereocenters. The van der Waals surface area contributed by atoms with E-state index in [1.165, 1.54) is 12.1 Å². The van der Waals surface area contributed by atoms with Crippen molar-refractivity contribution in [2.24, 2.45) is 0 Å². The number of benzene rings is 2. The molecule has 0 bridgehead atoms. The lowest BCUT2D eigenvalue weighted by Crippen LogP contribution is -2.33. The van der Waals surface area contributed by atoms with Gasteiger partial charge in [0.05, 0.1) is 24.8 Å². The predicted molar refractivity (Wildman–Crippen MR) is 105 cm³/mol. The van der Waals surface area contributed by atoms with Crippen LogP contribution < -0.4 is 4.74 Å². The molecule has 4 rings (SSSR count). The van der Waals surface area contributed by atoms with Gasteiger partial charge in [0.2, 0.25) is 5.91 Å². The first-order valence-corrected chi connectivity index (χ1v) is 9.28. The number of carbonyl (C=O) groups excluding carboxylic acids is 1. The van der Waals surface area contributed by atoms with Crippen LogP contribution in [0.5, 0.6) is 5.75 Å². The molecule has 0 saturated carbocycles. The Hall–Kier alpha value is -3.21. The molecule has 142 valence electrons. The van der Waals surface area contributed by atoms with E-state index in [4.69, 9.17) is 4.74 Å². The number of amides is 1. The van der Waals surface area contributed by atoms with Crippen molar-refractivity contribution in [3.8, 4) is 5.75 Å². The Balaban J connectivity index is 1.61. The average molecular weight is 376 g/mol. The minimum Gasteiger partial charge on any atom is -0.493 e. The average Bonchev–Trinajstić information content (AvgIpc) is 3.17. The fourth-order valence-electron chi connectivity index (χ4n) is 3.60. The zero-order valence-electron chi connectivity index (χ0n) is 15.6. The fourth-order valence-corrected chi connectivity index (χ4v) is 3.60. The van der Waals surface area contributed by atoms with Crippen LogP contribution in [0.15, 0.2) is 66.9 Å². The highest BCUT2D eigenvalue weighted by Crippen LogP contribution is 2.29. The zero-order chi connectivity index (χ0) is 19.5. The summed E-state index contributed by atoms with van der Waals surface area (Å²) >= 11 is 0. The second-order valence-corrected chi connectivity index (χ2v) is 6.93. The highest BCUT2D eigenvalue weighted by atomic mass is 19.1. The van der Waals surface area contributed by atoms with Gasteiger partial charge in [-0.2, -0.15) is 0 Å². The van der Waals surface area contributed by atoms with E-state index in [0.717, 1.165) is 23.3 Å². The number of carbonyl (C=O) groups is 1. The van der Waals surface area contributed by atoms with E-state index in [0.29, 0.717) is 17.9 Å². The lowest BCUT2D eigenvalue weighted by molar-refractivity contribution is -0.130. The number of aromatic nitrogens is 1. The lowest BCUT2D eigenvalue weighted by Gasteiger charge is -2.28. The van der Waals surface area contributed by atoms with E-state index < -0.39 is 6.04 Å². The molecule has 0 N–H and O–H groups in total. The standard InChI is InChI=1S/C23H21FN2O2/c1-26(22(27)14-16-8-9-21-17(13-16)10-12-28-21)23(20-7-2-3-11-25-20)18-5-4-6-19(24)15-18/h2-9,11,13,15,23H,10,12,14H2,1H3. The molecule has 1 aromatic heterocycles. The summed E-state index contributed by atoms with van der Waals surface area (Å²) in [7, 11) is 1.74. The maximum Gasteiger partial charge on any atom is 0.227 e. The van der Waals surface area contributed by atoms with Gasteiger partial charge >= 0.3 is 0 Å². The molecule has 5 heteroatoms. The minimum absolute atomic E-state index is 0.0567. The molecule has 0 aliphatic carbocycles. The summed E-state index contributed by atoms with van der Waals surface area (Å²) in [5.74, 6) is 0.507. The van der Waals surface area contributed by atoms with Crippen molar-refractivity contribution in [2.75, 3.05) is 13.7 Å². The molecule has 2 aromatic carbocycles. The minimum atomic E-state index is -0.456. The van der Waals surface area contributed by atoms with Crippen LogP contribution in [-0.4, -0.2) is 29.4 Å². The second kappa shape index (κ2) is 7.80. The number of nitrogens with zero attached hydrogens (tertiary/aromatic N) is 2. The summed E-state index contributed by atoms with van der Waals surface area (Å²) in [6.07, 6.45) is 2.82. The third-order valence-electron chi connectivity index (χ3n) is 5.02. The molecular formula is C23H21FN2O2. The van der Waals surface area contributed by atoms with Gasteiger partial charge in [0.25, 0.3) is 0 Å². The summed E-state index contributed by atoms with van der Waals surface area (Å²) < 4.78 is 19.4. The summed E-state index contributed by atoms with van der Waals surface area (Å²) in [4.78, 5) is 19.1. The largest absolute Gasteiger partial charge is 0.493 e. The summed E-state index contributed by atoms with van der Waals surface area (Å²) in [6, 6.07) is 17.3. The second-order valence-electron chi connectivity index (χ2n) is 6.93. The molecule has 1 aliphatic heterocycles. The molecule has 3 aromatic rings. The Morgan fingerprint density at radius 1 is 1.18 bits per heavy atom. The first-order chi connectivity index (χ1) is 13.6. The Labute approximate surface area is 163 Å². The van der Waals surface area contributed by atoms with E-state index >= 15 is 0 Å². The number of pyridine rings is 1. The summed E-state index contributed by atoms with van der Waals surface area (Å²) in [5.41, 5.74) is 3.47. The van der Waals surface area contributed by atoms with Gasteiger partial charge in [0.1, 0.15) is 11.6 Å². The monoisotopic (exact) mass is 376 g/mol. The third kappa shape index (κ3) is 3.74.